The van der Waals surface area contributed by atoms with Gasteiger partial charge in [-0.3, -0.25) is 0 Å². The van der Waals surface area contributed by atoms with Gasteiger partial charge in [-0.25, -0.2) is 0 Å². The third-order valence-corrected chi connectivity index (χ3v) is 3.55. The molecule has 2 aromatic carbocycles. The van der Waals surface area contributed by atoms with Crippen molar-refractivity contribution in [2.45, 2.75) is 6.92 Å². The Balaban J connectivity index is 2.17. The second-order valence-electron chi connectivity index (χ2n) is 4.80. The second-order valence-corrected chi connectivity index (χ2v) is 4.80. The van der Waals surface area contributed by atoms with Crippen LogP contribution in [-0.4, -0.2) is 4.98 Å². The van der Waals surface area contributed by atoms with Crippen molar-refractivity contribution in [3.63, 3.8) is 0 Å². The van der Waals surface area contributed by atoms with E-state index in [1.54, 1.807) is 0 Å². The molecule has 0 saturated heterocycles. The molecule has 0 fully saturated rings. The first kappa shape index (κ1) is 12.5. The molecule has 0 aliphatic carbocycles. The number of aromatic nitrogens is 1. The van der Waals surface area contributed by atoms with Crippen molar-refractivity contribution in [1.82, 2.24) is 4.98 Å². The number of allylic oxidation sites excluding steroid dienone is 1. The molecule has 3 rings (SSSR count). The average molecular weight is 259 g/mol. The Hall–Kier alpha value is -2.54. The highest BCUT2D eigenvalue weighted by Crippen LogP contribution is 2.30. The highest BCUT2D eigenvalue weighted by molar-refractivity contribution is 5.89. The minimum Gasteiger partial charge on any atom is -0.361 e. The summed E-state index contributed by atoms with van der Waals surface area (Å²) in [6.07, 6.45) is 8.07. The molecule has 0 aliphatic rings. The minimum absolute atomic E-state index is 1.10. The van der Waals surface area contributed by atoms with E-state index < -0.39 is 0 Å². The van der Waals surface area contributed by atoms with Crippen LogP contribution in [-0.2, 0) is 0 Å². The number of fused-ring (bicyclic) bond motifs is 1. The van der Waals surface area contributed by atoms with Crippen LogP contribution < -0.4 is 0 Å². The van der Waals surface area contributed by atoms with Crippen molar-refractivity contribution in [2.75, 3.05) is 0 Å². The van der Waals surface area contributed by atoms with Gasteiger partial charge in [0.1, 0.15) is 0 Å². The predicted octanol–water partition coefficient (Wildman–Crippen LogP) is 5.51. The van der Waals surface area contributed by atoms with E-state index in [9.17, 15) is 0 Å². The van der Waals surface area contributed by atoms with Crippen molar-refractivity contribution in [3.8, 4) is 11.1 Å². The normalized spacial score (nSPS) is 11.2. The predicted molar refractivity (Wildman–Crippen MR) is 88.5 cm³/mol. The van der Waals surface area contributed by atoms with E-state index in [0.717, 1.165) is 11.3 Å². The fraction of sp³-hybridized carbons (Fsp3) is 0.0526. The fourth-order valence-corrected chi connectivity index (χ4v) is 2.57. The van der Waals surface area contributed by atoms with Gasteiger partial charge in [-0.05, 0) is 35.4 Å². The average Bonchev–Trinajstić information content (AvgIpc) is 2.90. The van der Waals surface area contributed by atoms with E-state index in [1.807, 2.05) is 19.1 Å². The Morgan fingerprint density at radius 2 is 1.85 bits per heavy atom. The maximum absolute atomic E-state index is 3.94. The van der Waals surface area contributed by atoms with E-state index in [2.05, 4.69) is 66.3 Å². The molecule has 0 radical (unpaired) electrons. The van der Waals surface area contributed by atoms with Gasteiger partial charge in [0.25, 0.3) is 0 Å². The number of benzene rings is 2. The van der Waals surface area contributed by atoms with Gasteiger partial charge in [0.15, 0.2) is 0 Å². The van der Waals surface area contributed by atoms with Crippen molar-refractivity contribution in [1.29, 1.82) is 0 Å². The van der Waals surface area contributed by atoms with Crippen molar-refractivity contribution in [2.24, 2.45) is 0 Å². The Kier molecular flexibility index (Phi) is 3.26. The first-order valence-corrected chi connectivity index (χ1v) is 6.79. The maximum atomic E-state index is 3.94. The van der Waals surface area contributed by atoms with Gasteiger partial charge in [0.05, 0.1) is 0 Å². The quantitative estimate of drug-likeness (QED) is 0.638. The van der Waals surface area contributed by atoms with Crippen molar-refractivity contribution >= 4 is 22.9 Å². The van der Waals surface area contributed by atoms with Gasteiger partial charge in [0.2, 0.25) is 0 Å². The SMILES string of the molecule is C=Cc1c(-c2ccc3ccccc3c2)c[nH]c1/C=C\C. The van der Waals surface area contributed by atoms with Crippen LogP contribution in [0.25, 0.3) is 34.1 Å². The smallest absolute Gasteiger partial charge is 0.0456 e. The Labute approximate surface area is 119 Å². The molecule has 0 amide bonds. The molecule has 1 heteroatoms. The van der Waals surface area contributed by atoms with Crippen molar-refractivity contribution < 1.29 is 0 Å². The standard InChI is InChI=1S/C19H17N/c1-3-7-19-17(4-2)18(13-20-19)16-11-10-14-8-5-6-9-15(14)12-16/h3-13,20H,2H2,1H3/b7-3-. The lowest BCUT2D eigenvalue weighted by Gasteiger charge is -2.04. The topological polar surface area (TPSA) is 15.8 Å². The van der Waals surface area contributed by atoms with Gasteiger partial charge >= 0.3 is 0 Å². The molecule has 0 saturated carbocycles. The van der Waals surface area contributed by atoms with E-state index in [-0.39, 0.29) is 0 Å². The highest BCUT2D eigenvalue weighted by Gasteiger charge is 2.08. The van der Waals surface area contributed by atoms with Crippen LogP contribution in [0.5, 0.6) is 0 Å². The largest absolute Gasteiger partial charge is 0.361 e. The monoisotopic (exact) mass is 259 g/mol. The minimum atomic E-state index is 1.10. The zero-order valence-electron chi connectivity index (χ0n) is 11.6. The van der Waals surface area contributed by atoms with Crippen LogP contribution in [0.4, 0.5) is 0 Å². The van der Waals surface area contributed by atoms with Crippen LogP contribution in [0.1, 0.15) is 18.2 Å². The number of aromatic amines is 1. The third kappa shape index (κ3) is 2.08. The van der Waals surface area contributed by atoms with Gasteiger partial charge in [0, 0.05) is 23.0 Å². The molecule has 0 unspecified atom stereocenters. The summed E-state index contributed by atoms with van der Waals surface area (Å²) in [6.45, 7) is 5.96. The lowest BCUT2D eigenvalue weighted by atomic mass is 9.99. The van der Waals surface area contributed by atoms with Crippen LogP contribution in [0, 0.1) is 0 Å². The lowest BCUT2D eigenvalue weighted by molar-refractivity contribution is 1.37. The summed E-state index contributed by atoms with van der Waals surface area (Å²) in [6, 6.07) is 15.0. The molecule has 0 spiro atoms. The molecule has 1 N–H and O–H groups in total. The van der Waals surface area contributed by atoms with E-state index in [1.165, 1.54) is 21.9 Å². The van der Waals surface area contributed by atoms with E-state index in [0.29, 0.717) is 0 Å². The summed E-state index contributed by atoms with van der Waals surface area (Å²) in [5.41, 5.74) is 4.66. The second kappa shape index (κ2) is 5.22. The zero-order chi connectivity index (χ0) is 13.9. The molecule has 0 bridgehead atoms. The summed E-state index contributed by atoms with van der Waals surface area (Å²) in [4.78, 5) is 3.31. The third-order valence-electron chi connectivity index (χ3n) is 3.55. The van der Waals surface area contributed by atoms with Gasteiger partial charge < -0.3 is 4.98 Å². The highest BCUT2D eigenvalue weighted by atomic mass is 14.7. The lowest BCUT2D eigenvalue weighted by Crippen LogP contribution is -1.81. The first-order chi connectivity index (χ1) is 9.83. The Morgan fingerprint density at radius 1 is 1.05 bits per heavy atom. The number of H-pyrrole nitrogens is 1. The van der Waals surface area contributed by atoms with Gasteiger partial charge in [-0.2, -0.15) is 0 Å². The first-order valence-electron chi connectivity index (χ1n) is 6.79. The number of hydrogen-bond donors (Lipinski definition) is 1. The molecule has 3 aromatic rings. The molecular formula is C19H17N. The van der Waals surface area contributed by atoms with Crippen LogP contribution in [0.15, 0.2) is 61.3 Å². The number of nitrogens with one attached hydrogen (secondary N) is 1. The van der Waals surface area contributed by atoms with Gasteiger partial charge in [-0.1, -0.05) is 55.1 Å². The summed E-state index contributed by atoms with van der Waals surface area (Å²) in [7, 11) is 0. The molecule has 98 valence electrons. The summed E-state index contributed by atoms with van der Waals surface area (Å²) in [5, 5.41) is 2.52. The van der Waals surface area contributed by atoms with Crippen LogP contribution in [0.3, 0.4) is 0 Å². The van der Waals surface area contributed by atoms with Crippen LogP contribution >= 0.6 is 0 Å². The Morgan fingerprint density at radius 3 is 2.60 bits per heavy atom. The summed E-state index contributed by atoms with van der Waals surface area (Å²) in [5.74, 6) is 0. The van der Waals surface area contributed by atoms with E-state index in [4.69, 9.17) is 0 Å². The molecule has 0 atom stereocenters. The molecule has 20 heavy (non-hydrogen) atoms. The molecular weight excluding hydrogens is 242 g/mol. The summed E-state index contributed by atoms with van der Waals surface area (Å²) >= 11 is 0. The molecule has 0 aliphatic heterocycles. The molecule has 1 aromatic heterocycles. The fourth-order valence-electron chi connectivity index (χ4n) is 2.57. The summed E-state index contributed by atoms with van der Waals surface area (Å²) < 4.78 is 0. The van der Waals surface area contributed by atoms with E-state index >= 15 is 0 Å². The molecule has 1 nitrogen and oxygen atoms in total. The molecule has 1 heterocycles. The van der Waals surface area contributed by atoms with Gasteiger partial charge in [-0.15, -0.1) is 0 Å². The van der Waals surface area contributed by atoms with Crippen LogP contribution in [0.2, 0.25) is 0 Å². The van der Waals surface area contributed by atoms with Crippen molar-refractivity contribution in [3.05, 3.63) is 72.6 Å². The zero-order valence-corrected chi connectivity index (χ0v) is 11.6. The Bertz CT molecular complexity index is 790. The number of rotatable bonds is 3. The maximum Gasteiger partial charge on any atom is 0.0456 e. The number of hydrogen-bond acceptors (Lipinski definition) is 0.